The molecule has 0 aliphatic rings. The standard InChI is InChI=1S/C18H17NOS/c1-11-4-5-12(2)17-16(11)15(10-20)18(19-17)13-6-8-14(21-3)9-7-13/h4-10,19H,1-3H3. The minimum atomic E-state index is 0.753. The van der Waals surface area contributed by atoms with Crippen molar-refractivity contribution in [3.8, 4) is 11.3 Å². The van der Waals surface area contributed by atoms with Gasteiger partial charge in [0.05, 0.1) is 5.69 Å². The maximum atomic E-state index is 11.6. The van der Waals surface area contributed by atoms with Crippen LogP contribution in [0.1, 0.15) is 21.5 Å². The molecule has 0 atom stereocenters. The average Bonchev–Trinajstić information content (AvgIpc) is 2.92. The number of hydrogen-bond donors (Lipinski definition) is 1. The second kappa shape index (κ2) is 5.41. The normalized spacial score (nSPS) is 11.0. The zero-order chi connectivity index (χ0) is 15.0. The van der Waals surface area contributed by atoms with Crippen LogP contribution in [0.2, 0.25) is 0 Å². The van der Waals surface area contributed by atoms with Crippen LogP contribution in [0.3, 0.4) is 0 Å². The fourth-order valence-corrected chi connectivity index (χ4v) is 3.15. The zero-order valence-corrected chi connectivity index (χ0v) is 13.2. The molecule has 0 amide bonds. The monoisotopic (exact) mass is 295 g/mol. The number of fused-ring (bicyclic) bond motifs is 1. The molecular formula is C18H17NOS. The number of aromatic amines is 1. The average molecular weight is 295 g/mol. The molecule has 1 aromatic heterocycles. The lowest BCUT2D eigenvalue weighted by Gasteiger charge is -2.02. The third-order valence-electron chi connectivity index (χ3n) is 3.91. The molecule has 1 N–H and O–H groups in total. The number of aldehydes is 1. The van der Waals surface area contributed by atoms with Crippen molar-refractivity contribution in [3.05, 3.63) is 53.1 Å². The van der Waals surface area contributed by atoms with Crippen LogP contribution in [-0.2, 0) is 0 Å². The highest BCUT2D eigenvalue weighted by Gasteiger charge is 2.15. The molecular weight excluding hydrogens is 278 g/mol. The van der Waals surface area contributed by atoms with Gasteiger partial charge in [-0.15, -0.1) is 11.8 Å². The van der Waals surface area contributed by atoms with Crippen molar-refractivity contribution in [2.75, 3.05) is 6.26 Å². The molecule has 21 heavy (non-hydrogen) atoms. The molecule has 0 saturated carbocycles. The number of aryl methyl sites for hydroxylation is 2. The molecule has 0 fully saturated rings. The summed E-state index contributed by atoms with van der Waals surface area (Å²) >= 11 is 1.71. The first-order valence-corrected chi connectivity index (χ1v) is 8.09. The number of aromatic nitrogens is 1. The molecule has 106 valence electrons. The molecule has 0 saturated heterocycles. The molecule has 0 aliphatic carbocycles. The molecule has 2 nitrogen and oxygen atoms in total. The first-order valence-electron chi connectivity index (χ1n) is 6.87. The van der Waals surface area contributed by atoms with E-state index in [2.05, 4.69) is 54.6 Å². The van der Waals surface area contributed by atoms with Crippen molar-refractivity contribution < 1.29 is 4.79 Å². The van der Waals surface area contributed by atoms with E-state index in [1.165, 1.54) is 4.90 Å². The summed E-state index contributed by atoms with van der Waals surface area (Å²) in [5.41, 5.74) is 6.05. The first kappa shape index (κ1) is 14.0. The van der Waals surface area contributed by atoms with Gasteiger partial charge in [0, 0.05) is 21.4 Å². The van der Waals surface area contributed by atoms with Gasteiger partial charge >= 0.3 is 0 Å². The summed E-state index contributed by atoms with van der Waals surface area (Å²) in [4.78, 5) is 16.3. The van der Waals surface area contributed by atoms with E-state index in [-0.39, 0.29) is 0 Å². The first-order chi connectivity index (χ1) is 10.2. The Morgan fingerprint density at radius 3 is 2.29 bits per heavy atom. The number of rotatable bonds is 3. The van der Waals surface area contributed by atoms with Gasteiger partial charge in [-0.05, 0) is 48.9 Å². The number of H-pyrrole nitrogens is 1. The minimum absolute atomic E-state index is 0.753. The predicted octanol–water partition coefficient (Wildman–Crippen LogP) is 4.99. The fourth-order valence-electron chi connectivity index (χ4n) is 2.74. The van der Waals surface area contributed by atoms with Crippen LogP contribution in [0.25, 0.3) is 22.2 Å². The van der Waals surface area contributed by atoms with Crippen molar-refractivity contribution in [1.82, 2.24) is 4.98 Å². The lowest BCUT2D eigenvalue weighted by Crippen LogP contribution is -1.85. The van der Waals surface area contributed by atoms with Crippen LogP contribution in [0.5, 0.6) is 0 Å². The highest BCUT2D eigenvalue weighted by molar-refractivity contribution is 7.98. The second-order valence-electron chi connectivity index (χ2n) is 5.21. The lowest BCUT2D eigenvalue weighted by atomic mass is 10.0. The molecule has 0 radical (unpaired) electrons. The Balaban J connectivity index is 2.29. The maximum absolute atomic E-state index is 11.6. The number of carbonyl (C=O) groups excluding carboxylic acids is 1. The molecule has 0 spiro atoms. The molecule has 2 aromatic carbocycles. The van der Waals surface area contributed by atoms with Gasteiger partial charge in [-0.25, -0.2) is 0 Å². The summed E-state index contributed by atoms with van der Waals surface area (Å²) < 4.78 is 0. The Morgan fingerprint density at radius 2 is 1.67 bits per heavy atom. The van der Waals surface area contributed by atoms with Gasteiger partial charge in [0.1, 0.15) is 0 Å². The summed E-state index contributed by atoms with van der Waals surface area (Å²) in [5.74, 6) is 0. The molecule has 0 aliphatic heterocycles. The van der Waals surface area contributed by atoms with Crippen LogP contribution in [0.4, 0.5) is 0 Å². The van der Waals surface area contributed by atoms with Crippen LogP contribution in [-0.4, -0.2) is 17.5 Å². The molecule has 3 aromatic rings. The Morgan fingerprint density at radius 1 is 1.00 bits per heavy atom. The lowest BCUT2D eigenvalue weighted by molar-refractivity contribution is 0.112. The Kier molecular flexibility index (Phi) is 3.60. The van der Waals surface area contributed by atoms with Gasteiger partial charge in [0.25, 0.3) is 0 Å². The van der Waals surface area contributed by atoms with E-state index < -0.39 is 0 Å². The maximum Gasteiger partial charge on any atom is 0.152 e. The van der Waals surface area contributed by atoms with Crippen molar-refractivity contribution >= 4 is 29.0 Å². The molecule has 3 rings (SSSR count). The zero-order valence-electron chi connectivity index (χ0n) is 12.4. The Hall–Kier alpha value is -2.00. The van der Waals surface area contributed by atoms with E-state index >= 15 is 0 Å². The van der Waals surface area contributed by atoms with Gasteiger partial charge < -0.3 is 4.98 Å². The molecule has 0 unspecified atom stereocenters. The minimum Gasteiger partial charge on any atom is -0.354 e. The quantitative estimate of drug-likeness (QED) is 0.545. The number of thioether (sulfide) groups is 1. The van der Waals surface area contributed by atoms with Gasteiger partial charge in [-0.2, -0.15) is 0 Å². The van der Waals surface area contributed by atoms with E-state index in [0.29, 0.717) is 0 Å². The number of carbonyl (C=O) groups is 1. The van der Waals surface area contributed by atoms with E-state index in [1.54, 1.807) is 11.8 Å². The van der Waals surface area contributed by atoms with Gasteiger partial charge in [-0.3, -0.25) is 4.79 Å². The van der Waals surface area contributed by atoms with E-state index in [9.17, 15) is 4.79 Å². The summed E-state index contributed by atoms with van der Waals surface area (Å²) in [6.07, 6.45) is 3.02. The van der Waals surface area contributed by atoms with Crippen LogP contribution in [0.15, 0.2) is 41.3 Å². The van der Waals surface area contributed by atoms with E-state index in [4.69, 9.17) is 0 Å². The van der Waals surface area contributed by atoms with Gasteiger partial charge in [-0.1, -0.05) is 24.3 Å². The smallest absolute Gasteiger partial charge is 0.152 e. The van der Waals surface area contributed by atoms with E-state index in [0.717, 1.165) is 45.1 Å². The van der Waals surface area contributed by atoms with Crippen LogP contribution < -0.4 is 0 Å². The van der Waals surface area contributed by atoms with Crippen molar-refractivity contribution in [1.29, 1.82) is 0 Å². The summed E-state index contributed by atoms with van der Waals surface area (Å²) in [6, 6.07) is 12.4. The van der Waals surface area contributed by atoms with Gasteiger partial charge in [0.15, 0.2) is 6.29 Å². The highest BCUT2D eigenvalue weighted by Crippen LogP contribution is 2.33. The number of nitrogens with one attached hydrogen (secondary N) is 1. The van der Waals surface area contributed by atoms with Crippen molar-refractivity contribution in [3.63, 3.8) is 0 Å². The van der Waals surface area contributed by atoms with Crippen molar-refractivity contribution in [2.24, 2.45) is 0 Å². The summed E-state index contributed by atoms with van der Waals surface area (Å²) in [6.45, 7) is 4.11. The predicted molar refractivity (Wildman–Crippen MR) is 90.4 cm³/mol. The third kappa shape index (κ3) is 2.28. The Bertz CT molecular complexity index is 815. The third-order valence-corrected chi connectivity index (χ3v) is 4.65. The Labute approximate surface area is 128 Å². The SMILES string of the molecule is CSc1ccc(-c2[nH]c3c(C)ccc(C)c3c2C=O)cc1. The second-order valence-corrected chi connectivity index (χ2v) is 6.09. The topological polar surface area (TPSA) is 32.9 Å². The molecule has 3 heteroatoms. The highest BCUT2D eigenvalue weighted by atomic mass is 32.2. The summed E-state index contributed by atoms with van der Waals surface area (Å²) in [5, 5.41) is 1.04. The number of benzene rings is 2. The van der Waals surface area contributed by atoms with E-state index in [1.807, 2.05) is 6.92 Å². The van der Waals surface area contributed by atoms with Crippen LogP contribution in [0, 0.1) is 13.8 Å². The summed E-state index contributed by atoms with van der Waals surface area (Å²) in [7, 11) is 0. The van der Waals surface area contributed by atoms with Crippen molar-refractivity contribution in [2.45, 2.75) is 18.7 Å². The molecule has 0 bridgehead atoms. The number of hydrogen-bond acceptors (Lipinski definition) is 2. The van der Waals surface area contributed by atoms with Crippen LogP contribution >= 0.6 is 11.8 Å². The fraction of sp³-hybridized carbons (Fsp3) is 0.167. The van der Waals surface area contributed by atoms with Gasteiger partial charge in [0.2, 0.25) is 0 Å². The largest absolute Gasteiger partial charge is 0.354 e. The molecule has 1 heterocycles.